The Morgan fingerprint density at radius 1 is 0.895 bits per heavy atom. The second-order valence-electron chi connectivity index (χ2n) is 6.15. The normalized spacial score (nSPS) is 30.7. The molecule has 3 rings (SSSR count). The average Bonchev–Trinajstić information content (AvgIpc) is 3.02. The van der Waals surface area contributed by atoms with E-state index in [2.05, 4.69) is 4.90 Å². The lowest BCUT2D eigenvalue weighted by Gasteiger charge is -2.41. The Bertz CT molecular complexity index is 301. The molecule has 108 valence electrons. The maximum atomic E-state index is 12.3. The predicted octanol–water partition coefficient (Wildman–Crippen LogP) is 1.64. The van der Waals surface area contributed by atoms with Crippen LogP contribution in [0.4, 0.5) is 0 Å². The first-order valence-electron chi connectivity index (χ1n) is 7.99. The summed E-state index contributed by atoms with van der Waals surface area (Å²) in [6.45, 7) is 4.68. The lowest BCUT2D eigenvalue weighted by atomic mass is 9.94. The van der Waals surface area contributed by atoms with Gasteiger partial charge in [-0.05, 0) is 25.7 Å². The van der Waals surface area contributed by atoms with Crippen molar-refractivity contribution in [1.29, 1.82) is 0 Å². The zero-order chi connectivity index (χ0) is 13.1. The Labute approximate surface area is 116 Å². The minimum atomic E-state index is -0.138. The maximum absolute atomic E-state index is 12.3. The number of ether oxygens (including phenoxy) is 1. The van der Waals surface area contributed by atoms with E-state index in [9.17, 15) is 4.79 Å². The molecular weight excluding hydrogens is 240 g/mol. The largest absolute Gasteiger partial charge is 0.368 e. The van der Waals surface area contributed by atoms with Gasteiger partial charge >= 0.3 is 0 Å². The van der Waals surface area contributed by atoms with Crippen LogP contribution < -0.4 is 0 Å². The maximum Gasteiger partial charge on any atom is 0.251 e. The zero-order valence-corrected chi connectivity index (χ0v) is 11.9. The van der Waals surface area contributed by atoms with Gasteiger partial charge in [-0.1, -0.05) is 19.3 Å². The molecule has 2 aliphatic heterocycles. The van der Waals surface area contributed by atoms with Crippen LogP contribution >= 0.6 is 0 Å². The van der Waals surface area contributed by atoms with Gasteiger partial charge in [0.2, 0.25) is 0 Å². The summed E-state index contributed by atoms with van der Waals surface area (Å²) >= 11 is 0. The summed E-state index contributed by atoms with van der Waals surface area (Å²) < 4.78 is 5.51. The lowest BCUT2D eigenvalue weighted by Crippen LogP contribution is -2.54. The van der Waals surface area contributed by atoms with Crippen LogP contribution in [0.2, 0.25) is 0 Å². The molecule has 0 spiro atoms. The van der Waals surface area contributed by atoms with Gasteiger partial charge in [0, 0.05) is 38.8 Å². The van der Waals surface area contributed by atoms with E-state index < -0.39 is 0 Å². The van der Waals surface area contributed by atoms with Gasteiger partial charge in [-0.25, -0.2) is 0 Å². The monoisotopic (exact) mass is 266 g/mol. The fourth-order valence-electron chi connectivity index (χ4n) is 3.73. The van der Waals surface area contributed by atoms with E-state index in [0.29, 0.717) is 0 Å². The van der Waals surface area contributed by atoms with Crippen LogP contribution in [0.25, 0.3) is 0 Å². The molecule has 3 aliphatic rings. The molecule has 1 atom stereocenters. The molecule has 2 saturated heterocycles. The number of rotatable bonds is 2. The number of carbonyl (C=O) groups excluding carboxylic acids is 1. The summed E-state index contributed by atoms with van der Waals surface area (Å²) in [6, 6.07) is 0.786. The van der Waals surface area contributed by atoms with Crippen molar-refractivity contribution >= 4 is 5.91 Å². The minimum Gasteiger partial charge on any atom is -0.368 e. The van der Waals surface area contributed by atoms with Crippen molar-refractivity contribution < 1.29 is 9.53 Å². The standard InChI is InChI=1S/C15H26N2O2/c18-15(14-7-4-12-19-14)17-10-8-16(9-11-17)13-5-2-1-3-6-13/h13-14H,1-12H2. The van der Waals surface area contributed by atoms with E-state index in [1.807, 2.05) is 4.90 Å². The van der Waals surface area contributed by atoms with E-state index in [1.165, 1.54) is 32.1 Å². The number of carbonyl (C=O) groups is 1. The summed E-state index contributed by atoms with van der Waals surface area (Å²) in [6.07, 6.45) is 8.73. The van der Waals surface area contributed by atoms with E-state index in [1.54, 1.807) is 0 Å². The summed E-state index contributed by atoms with van der Waals surface area (Å²) in [5, 5.41) is 0. The molecule has 3 fully saturated rings. The summed E-state index contributed by atoms with van der Waals surface area (Å²) in [5.74, 6) is 0.237. The highest BCUT2D eigenvalue weighted by Crippen LogP contribution is 2.24. The van der Waals surface area contributed by atoms with Crippen molar-refractivity contribution in [1.82, 2.24) is 9.80 Å². The fourth-order valence-corrected chi connectivity index (χ4v) is 3.73. The average molecular weight is 266 g/mol. The van der Waals surface area contributed by atoms with Gasteiger partial charge in [-0.3, -0.25) is 9.69 Å². The molecule has 1 unspecified atom stereocenters. The van der Waals surface area contributed by atoms with E-state index in [0.717, 1.165) is 51.7 Å². The SMILES string of the molecule is O=C(C1CCCO1)N1CCN(C2CCCCC2)CC1. The topological polar surface area (TPSA) is 32.8 Å². The van der Waals surface area contributed by atoms with Gasteiger partial charge in [0.05, 0.1) is 0 Å². The molecule has 19 heavy (non-hydrogen) atoms. The summed E-state index contributed by atoms with van der Waals surface area (Å²) in [4.78, 5) is 16.9. The molecule has 0 aromatic rings. The van der Waals surface area contributed by atoms with Crippen molar-refractivity contribution in [3.8, 4) is 0 Å². The van der Waals surface area contributed by atoms with Crippen molar-refractivity contribution in [3.05, 3.63) is 0 Å². The fraction of sp³-hybridized carbons (Fsp3) is 0.933. The lowest BCUT2D eigenvalue weighted by molar-refractivity contribution is -0.143. The number of nitrogens with zero attached hydrogens (tertiary/aromatic N) is 2. The Morgan fingerprint density at radius 3 is 2.26 bits per heavy atom. The highest BCUT2D eigenvalue weighted by Gasteiger charge is 2.32. The van der Waals surface area contributed by atoms with Crippen LogP contribution in [0.3, 0.4) is 0 Å². The Kier molecular flexibility index (Phi) is 4.38. The molecule has 0 N–H and O–H groups in total. The van der Waals surface area contributed by atoms with Gasteiger partial charge in [0.1, 0.15) is 6.10 Å². The molecule has 4 heteroatoms. The third kappa shape index (κ3) is 3.11. The van der Waals surface area contributed by atoms with Gasteiger partial charge in [-0.15, -0.1) is 0 Å². The molecule has 0 aromatic heterocycles. The van der Waals surface area contributed by atoms with Gasteiger partial charge in [0.25, 0.3) is 5.91 Å². The number of piperazine rings is 1. The molecule has 1 saturated carbocycles. The Morgan fingerprint density at radius 2 is 1.63 bits per heavy atom. The summed E-state index contributed by atoms with van der Waals surface area (Å²) in [7, 11) is 0. The van der Waals surface area contributed by atoms with Crippen LogP contribution in [0.5, 0.6) is 0 Å². The van der Waals surface area contributed by atoms with Gasteiger partial charge < -0.3 is 9.64 Å². The quantitative estimate of drug-likeness (QED) is 0.762. The molecule has 0 radical (unpaired) electrons. The molecule has 4 nitrogen and oxygen atoms in total. The highest BCUT2D eigenvalue weighted by atomic mass is 16.5. The highest BCUT2D eigenvalue weighted by molar-refractivity contribution is 5.81. The second kappa shape index (κ2) is 6.23. The summed E-state index contributed by atoms with van der Waals surface area (Å²) in [5.41, 5.74) is 0. The molecule has 1 aliphatic carbocycles. The Hall–Kier alpha value is -0.610. The molecular formula is C15H26N2O2. The number of amides is 1. The molecule has 1 amide bonds. The van der Waals surface area contributed by atoms with E-state index >= 15 is 0 Å². The first-order valence-corrected chi connectivity index (χ1v) is 7.99. The zero-order valence-electron chi connectivity index (χ0n) is 11.9. The number of hydrogen-bond acceptors (Lipinski definition) is 3. The smallest absolute Gasteiger partial charge is 0.251 e. The number of hydrogen-bond donors (Lipinski definition) is 0. The third-order valence-electron chi connectivity index (χ3n) is 4.92. The van der Waals surface area contributed by atoms with Crippen LogP contribution in [0.15, 0.2) is 0 Å². The van der Waals surface area contributed by atoms with Gasteiger partial charge in [0.15, 0.2) is 0 Å². The van der Waals surface area contributed by atoms with E-state index in [-0.39, 0.29) is 12.0 Å². The van der Waals surface area contributed by atoms with Crippen LogP contribution in [0.1, 0.15) is 44.9 Å². The second-order valence-corrected chi connectivity index (χ2v) is 6.15. The van der Waals surface area contributed by atoms with Crippen molar-refractivity contribution in [3.63, 3.8) is 0 Å². The predicted molar refractivity (Wildman–Crippen MR) is 74.0 cm³/mol. The Balaban J connectivity index is 1.47. The molecule has 2 heterocycles. The first-order chi connectivity index (χ1) is 9.34. The van der Waals surface area contributed by atoms with Crippen LogP contribution in [-0.2, 0) is 9.53 Å². The van der Waals surface area contributed by atoms with Crippen LogP contribution in [0, 0.1) is 0 Å². The molecule has 0 bridgehead atoms. The van der Waals surface area contributed by atoms with Crippen molar-refractivity contribution in [2.75, 3.05) is 32.8 Å². The van der Waals surface area contributed by atoms with Crippen molar-refractivity contribution in [2.24, 2.45) is 0 Å². The van der Waals surface area contributed by atoms with Crippen LogP contribution in [-0.4, -0.2) is 60.6 Å². The molecule has 0 aromatic carbocycles. The van der Waals surface area contributed by atoms with Gasteiger partial charge in [-0.2, -0.15) is 0 Å². The van der Waals surface area contributed by atoms with Crippen molar-refractivity contribution in [2.45, 2.75) is 57.1 Å². The minimum absolute atomic E-state index is 0.138. The van der Waals surface area contributed by atoms with E-state index in [4.69, 9.17) is 4.74 Å². The third-order valence-corrected chi connectivity index (χ3v) is 4.92. The first kappa shape index (κ1) is 13.4.